The fraction of sp³-hybridized carbons (Fsp3) is 0.657. The summed E-state index contributed by atoms with van der Waals surface area (Å²) in [5.41, 5.74) is 10.4. The van der Waals surface area contributed by atoms with Crippen molar-refractivity contribution >= 4 is 83.4 Å². The SMILES string of the molecule is COC(=O)CNC(=O)[C@H](CCCCNC(=O)c1ccc(C(C)ON2C(C)(C)CCCC2(C)C)cc1)NC(=O)CNC(=O)[C@H](CCCCNC(=O)c1ccc(C(C)ON2C(C)(C)CCCC2(C)C)cc1)NC(=O)CNC(=O)[C@H](CCCCNC(=O)c1ccc(C(C)ON2C(C)(C)CCCC2(C)C)cc1)NC(=O)CNC(=O)[C@@H](N)CCCCNC(=O)c1ccc(C(C)ON2C(C)(C)CCCC2(C)C)cc1.Cl. The average molecular weight is 1960 g/mol. The first-order chi connectivity index (χ1) is 64.8. The number of amides is 11. The zero-order chi connectivity index (χ0) is 102. The maximum atomic E-state index is 14.4. The molecule has 774 valence electrons. The lowest BCUT2D eigenvalue weighted by atomic mass is 9.82. The van der Waals surface area contributed by atoms with E-state index in [9.17, 15) is 57.5 Å². The van der Waals surface area contributed by atoms with E-state index in [1.807, 2.05) is 76.2 Å². The molecule has 0 bridgehead atoms. The number of rotatable bonds is 51. The highest BCUT2D eigenvalue weighted by Crippen LogP contribution is 2.45. The Morgan fingerprint density at radius 1 is 0.295 bits per heavy atom. The number of nitrogens with zero attached hydrogens (tertiary/aromatic N) is 4. The molecule has 8 rings (SSSR count). The highest BCUT2D eigenvalue weighted by molar-refractivity contribution is 5.98. The van der Waals surface area contributed by atoms with Crippen LogP contribution in [0.4, 0.5) is 0 Å². The number of halogens is 1. The Morgan fingerprint density at radius 2 is 0.496 bits per heavy atom. The van der Waals surface area contributed by atoms with Crippen molar-refractivity contribution in [1.82, 2.24) is 78.7 Å². The number of nitrogens with one attached hydrogen (secondary N) is 11. The normalized spacial score (nSPS) is 19.2. The summed E-state index contributed by atoms with van der Waals surface area (Å²) in [6, 6.07) is 24.0. The number of hydroxylamine groups is 8. The molecule has 4 saturated heterocycles. The summed E-state index contributed by atoms with van der Waals surface area (Å²) in [4.78, 5) is 190. The topological polar surface area (TPSA) is 422 Å². The molecule has 0 spiro atoms. The number of carbonyl (C=O) groups excluding carboxylic acids is 12. The van der Waals surface area contributed by atoms with E-state index in [1.165, 1.54) is 0 Å². The molecule has 34 heteroatoms. The van der Waals surface area contributed by atoms with Gasteiger partial charge in [-0.05, 0) is 363 Å². The number of methoxy groups -OCH3 is 1. The summed E-state index contributed by atoms with van der Waals surface area (Å²) in [7, 11) is 1.16. The van der Waals surface area contributed by atoms with Crippen molar-refractivity contribution in [3.63, 3.8) is 0 Å². The number of carbonyl (C=O) groups is 12. The lowest BCUT2D eigenvalue weighted by molar-refractivity contribution is -0.304. The molecule has 4 aliphatic rings. The second-order valence-electron chi connectivity index (χ2n) is 43.0. The second kappa shape index (κ2) is 53.0. The van der Waals surface area contributed by atoms with Gasteiger partial charge in [0.05, 0.1) is 32.8 Å². The largest absolute Gasteiger partial charge is 0.468 e. The van der Waals surface area contributed by atoms with Crippen molar-refractivity contribution < 1.29 is 81.6 Å². The first-order valence-electron chi connectivity index (χ1n) is 50.1. The fourth-order valence-corrected chi connectivity index (χ4v) is 19.6. The third kappa shape index (κ3) is 35.5. The molecule has 33 nitrogen and oxygen atoms in total. The molecule has 0 aromatic heterocycles. The van der Waals surface area contributed by atoms with Gasteiger partial charge in [-0.25, -0.2) is 0 Å². The molecule has 4 fully saturated rings. The van der Waals surface area contributed by atoms with Crippen LogP contribution in [0.25, 0.3) is 0 Å². The molecule has 0 aliphatic carbocycles. The monoisotopic (exact) mass is 1960 g/mol. The van der Waals surface area contributed by atoms with Crippen LogP contribution in [-0.2, 0) is 62.4 Å². The fourth-order valence-electron chi connectivity index (χ4n) is 19.6. The average Bonchev–Trinajstić information content (AvgIpc) is 0.790. The zero-order valence-electron chi connectivity index (χ0n) is 86.7. The van der Waals surface area contributed by atoms with Crippen molar-refractivity contribution in [1.29, 1.82) is 0 Å². The van der Waals surface area contributed by atoms with Crippen LogP contribution in [0.5, 0.6) is 0 Å². The van der Waals surface area contributed by atoms with E-state index >= 15 is 0 Å². The van der Waals surface area contributed by atoms with Crippen molar-refractivity contribution in [2.24, 2.45) is 5.73 Å². The Bertz CT molecular complexity index is 4640. The summed E-state index contributed by atoms with van der Waals surface area (Å²) in [6.45, 7) is 41.3. The second-order valence-corrected chi connectivity index (χ2v) is 43.0. The van der Waals surface area contributed by atoms with Gasteiger partial charge >= 0.3 is 5.97 Å². The molecule has 4 aliphatic heterocycles. The van der Waals surface area contributed by atoms with Gasteiger partial charge in [0.1, 0.15) is 49.1 Å². The maximum Gasteiger partial charge on any atom is 0.325 e. The predicted molar refractivity (Wildman–Crippen MR) is 539 cm³/mol. The third-order valence-corrected chi connectivity index (χ3v) is 27.4. The number of esters is 1. The number of ether oxygens (including phenoxy) is 1. The van der Waals surface area contributed by atoms with Crippen LogP contribution in [0.3, 0.4) is 0 Å². The van der Waals surface area contributed by atoms with E-state index in [1.54, 1.807) is 48.5 Å². The maximum absolute atomic E-state index is 14.4. The third-order valence-electron chi connectivity index (χ3n) is 27.4. The van der Waals surface area contributed by atoms with Gasteiger partial charge in [-0.15, -0.1) is 12.4 Å². The highest BCUT2D eigenvalue weighted by atomic mass is 35.5. The molecule has 11 amide bonds. The first kappa shape index (κ1) is 116. The van der Waals surface area contributed by atoms with Crippen molar-refractivity contribution in [2.75, 3.05) is 59.5 Å². The summed E-state index contributed by atoms with van der Waals surface area (Å²) >= 11 is 0. The van der Waals surface area contributed by atoms with Gasteiger partial charge in [0.2, 0.25) is 41.4 Å². The minimum atomic E-state index is -1.35. The van der Waals surface area contributed by atoms with Gasteiger partial charge in [0.15, 0.2) is 0 Å². The number of hydrogen-bond acceptors (Lipinski definition) is 22. The molecule has 4 heterocycles. The lowest BCUT2D eigenvalue weighted by Crippen LogP contribution is -2.58. The van der Waals surface area contributed by atoms with Crippen molar-refractivity contribution in [3.8, 4) is 0 Å². The van der Waals surface area contributed by atoms with E-state index in [2.05, 4.69) is 190 Å². The molecule has 4 unspecified atom stereocenters. The van der Waals surface area contributed by atoms with Crippen LogP contribution < -0.4 is 64.2 Å². The summed E-state index contributed by atoms with van der Waals surface area (Å²) in [5, 5.41) is 38.3. The van der Waals surface area contributed by atoms with Gasteiger partial charge in [-0.1, -0.05) is 48.5 Å². The van der Waals surface area contributed by atoms with Crippen LogP contribution in [0, 0.1) is 0 Å². The number of piperidine rings is 4. The number of unbranched alkanes of at least 4 members (excludes halogenated alkanes) is 4. The molecule has 0 saturated carbocycles. The smallest absolute Gasteiger partial charge is 0.325 e. The lowest BCUT2D eigenvalue weighted by Gasteiger charge is -2.52. The molecule has 4 aromatic rings. The Labute approximate surface area is 831 Å². The van der Waals surface area contributed by atoms with Gasteiger partial charge in [0, 0.05) is 92.7 Å². The first-order valence-corrected chi connectivity index (χ1v) is 50.1. The highest BCUT2D eigenvalue weighted by Gasteiger charge is 2.48. The Kier molecular flexibility index (Phi) is 44.4. The minimum Gasteiger partial charge on any atom is -0.468 e. The summed E-state index contributed by atoms with van der Waals surface area (Å²) in [5.74, 6) is -7.38. The zero-order valence-corrected chi connectivity index (χ0v) is 87.5. The van der Waals surface area contributed by atoms with Crippen LogP contribution in [-0.4, -0.2) is 219 Å². The number of nitrogens with two attached hydrogens (primary N) is 1. The molecule has 13 N–H and O–H groups in total. The van der Waals surface area contributed by atoms with Crippen LogP contribution in [0.1, 0.15) is 381 Å². The Morgan fingerprint density at radius 3 is 0.712 bits per heavy atom. The van der Waals surface area contributed by atoms with E-state index in [4.69, 9.17) is 29.8 Å². The summed E-state index contributed by atoms with van der Waals surface area (Å²) in [6.07, 6.45) is 14.4. The van der Waals surface area contributed by atoms with E-state index in [-0.39, 0.29) is 163 Å². The van der Waals surface area contributed by atoms with Crippen LogP contribution in [0.15, 0.2) is 97.1 Å². The standard InChI is InChI=1S/C105H164N16O17.ClH/c1-70(135-118-98(5,6)54-30-55-99(118,7)8)74-38-46-78(47-39-74)90(126)107-62-26-22-34-82(106)94(130)111-66-86(122)115-83(35-23-27-63-108-91(127)79-48-40-75(41-49-79)71(2)136-119-100(9,10)56-31-57-101(119,11)12)95(131)112-67-87(123)116-84(36-24-28-64-109-92(128)80-50-42-76(43-51-80)72(3)137-120-102(13,14)58-32-59-103(120,15)16)96(132)113-68-88(124)117-85(97(133)114-69-89(125)134-21)37-25-29-65-110-93(129)81-52-44-77(45-53-81)73(4)138-121-104(17,18)60-33-61-105(121,19)20;/h38-53,70-73,82-85H,22-37,54-69,106H2,1-21H3,(H,107,126)(H,108,127)(H,109,128)(H,110,129)(H,111,130)(H,112,131)(H,113,132)(H,114,133)(H,115,122)(H,116,123)(H,117,124);1H/t70?,71?,72?,73?,82-,83-,84-,85-;/m0./s1. The van der Waals surface area contributed by atoms with Gasteiger partial charge in [-0.3, -0.25) is 76.9 Å². The summed E-state index contributed by atoms with van der Waals surface area (Å²) < 4.78 is 4.73. The Balaban J connectivity index is 0.0000263. The van der Waals surface area contributed by atoms with Crippen molar-refractivity contribution in [2.45, 2.75) is 385 Å². The van der Waals surface area contributed by atoms with Gasteiger partial charge < -0.3 is 69.0 Å². The Hall–Kier alpha value is -9.55. The molecule has 0 radical (unpaired) electrons. The van der Waals surface area contributed by atoms with E-state index in [0.29, 0.717) is 67.3 Å². The molecule has 8 atom stereocenters. The van der Waals surface area contributed by atoms with Gasteiger partial charge in [-0.2, -0.15) is 20.3 Å². The van der Waals surface area contributed by atoms with Crippen LogP contribution >= 0.6 is 12.4 Å². The van der Waals surface area contributed by atoms with E-state index < -0.39 is 97.7 Å². The quantitative estimate of drug-likeness (QED) is 0.0144. The minimum absolute atomic E-state index is 0. The van der Waals surface area contributed by atoms with Gasteiger partial charge in [0.25, 0.3) is 23.6 Å². The number of hydrogen-bond donors (Lipinski definition) is 12. The molecule has 139 heavy (non-hydrogen) atoms. The molecular weight excluding hydrogens is 1790 g/mol. The van der Waals surface area contributed by atoms with Crippen LogP contribution in [0.2, 0.25) is 0 Å². The van der Waals surface area contributed by atoms with Crippen molar-refractivity contribution in [3.05, 3.63) is 142 Å². The molecule has 4 aromatic carbocycles. The predicted octanol–water partition coefficient (Wildman–Crippen LogP) is 13.4. The van der Waals surface area contributed by atoms with E-state index in [0.717, 1.165) is 106 Å². The molecular formula is C105H165ClN16O17. The number of benzene rings is 4.